The predicted molar refractivity (Wildman–Crippen MR) is 21.7 cm³/mol. The second-order valence-electron chi connectivity index (χ2n) is 0. The maximum atomic E-state index is 0. The van der Waals surface area contributed by atoms with Gasteiger partial charge in [0.05, 0.1) is 0 Å². The Morgan fingerprint density at radius 3 is 0.375 bits per heavy atom. The van der Waals surface area contributed by atoms with Crippen LogP contribution in [0.25, 0.3) is 0 Å². The Hall–Kier alpha value is 1.24. The van der Waals surface area contributed by atoms with Crippen LogP contribution >= 0.6 is 0 Å². The van der Waals surface area contributed by atoms with E-state index in [0.29, 0.717) is 0 Å². The first-order valence-electron chi connectivity index (χ1n) is 0. The Bertz CT molecular complexity index is 8.49. The van der Waals surface area contributed by atoms with Crippen molar-refractivity contribution in [3.8, 4) is 0 Å². The van der Waals surface area contributed by atoms with Crippen LogP contribution in [0.1, 0.15) is 0 Å². The molecule has 0 radical (unpaired) electrons. The minimum Gasteiger partial charge on any atom is -1.00 e. The average Bonchev–Trinajstić information content (AvgIpc) is 0. The third-order valence-corrected chi connectivity index (χ3v) is 0. The zero-order valence-electron chi connectivity index (χ0n) is 3.96. The fourth-order valence-electron chi connectivity index (χ4n) is 0. The molecule has 0 saturated carbocycles. The largest absolute Gasteiger partial charge is 3.00 e. The summed E-state index contributed by atoms with van der Waals surface area (Å²) in [5, 5.41) is 0. The fraction of sp³-hybridized carbons (Fsp3) is 0. The molecule has 0 unspecified atom stereocenters. The van der Waals surface area contributed by atoms with Crippen molar-refractivity contribution in [2.75, 3.05) is 0 Å². The molecule has 0 aliphatic rings. The molecular formula is H12ClLaO6+2. The van der Waals surface area contributed by atoms with Crippen molar-refractivity contribution in [1.29, 1.82) is 0 Å². The normalized spacial score (nSPS) is 0. The van der Waals surface area contributed by atoms with E-state index in [2.05, 4.69) is 0 Å². The summed E-state index contributed by atoms with van der Waals surface area (Å²) in [5.74, 6) is 0. The Balaban J connectivity index is 0. The molecule has 56 valence electrons. The molecule has 0 aromatic carbocycles. The Kier molecular flexibility index (Phi) is 14200. The molecule has 0 aromatic rings. The van der Waals surface area contributed by atoms with Crippen molar-refractivity contribution >= 4 is 0 Å². The van der Waals surface area contributed by atoms with Crippen LogP contribution in [0.5, 0.6) is 0 Å². The SMILES string of the molecule is O.O.O.O.O.O.[Cl-].[La+3]. The molecule has 0 saturated heterocycles. The van der Waals surface area contributed by atoms with E-state index in [1.54, 1.807) is 0 Å². The smallest absolute Gasteiger partial charge is 1.00 e. The Morgan fingerprint density at radius 2 is 0.375 bits per heavy atom. The van der Waals surface area contributed by atoms with E-state index in [0.717, 1.165) is 0 Å². The maximum absolute atomic E-state index is 0. The van der Waals surface area contributed by atoms with Crippen molar-refractivity contribution in [3.05, 3.63) is 0 Å². The van der Waals surface area contributed by atoms with Crippen LogP contribution in [0, 0.1) is 35.6 Å². The standard InChI is InChI=1S/ClH.La.6H2O/h1H;;6*1H2/q;+3;;;;;;/p-1. The van der Waals surface area contributed by atoms with Crippen LogP contribution in [-0.2, 0) is 0 Å². The molecule has 0 spiro atoms. The van der Waals surface area contributed by atoms with Crippen LogP contribution in [0.4, 0.5) is 0 Å². The molecule has 0 amide bonds. The van der Waals surface area contributed by atoms with Crippen LogP contribution in [-0.4, -0.2) is 32.9 Å². The number of hydrogen-bond acceptors (Lipinski definition) is 0. The van der Waals surface area contributed by atoms with Gasteiger partial charge in [0.1, 0.15) is 0 Å². The molecule has 12 N–H and O–H groups in total. The van der Waals surface area contributed by atoms with Gasteiger partial charge < -0.3 is 45.3 Å². The summed E-state index contributed by atoms with van der Waals surface area (Å²) in [7, 11) is 0. The average molecular weight is 282 g/mol. The van der Waals surface area contributed by atoms with Crippen LogP contribution in [0.2, 0.25) is 0 Å². The van der Waals surface area contributed by atoms with Crippen LogP contribution in [0.15, 0.2) is 0 Å². The quantitative estimate of drug-likeness (QED) is 0.408. The second kappa shape index (κ2) is 279. The van der Waals surface area contributed by atoms with Gasteiger partial charge in [0.15, 0.2) is 0 Å². The van der Waals surface area contributed by atoms with Gasteiger partial charge in [0.2, 0.25) is 0 Å². The summed E-state index contributed by atoms with van der Waals surface area (Å²) in [6.45, 7) is 0. The summed E-state index contributed by atoms with van der Waals surface area (Å²) in [4.78, 5) is 0. The van der Waals surface area contributed by atoms with E-state index in [-0.39, 0.29) is 80.9 Å². The third kappa shape index (κ3) is 182. The van der Waals surface area contributed by atoms with E-state index in [4.69, 9.17) is 0 Å². The molecule has 0 bridgehead atoms. The first kappa shape index (κ1) is 406. The monoisotopic (exact) mass is 282 g/mol. The van der Waals surface area contributed by atoms with Gasteiger partial charge in [-0.3, -0.25) is 0 Å². The van der Waals surface area contributed by atoms with Gasteiger partial charge in [0.25, 0.3) is 0 Å². The third-order valence-electron chi connectivity index (χ3n) is 0. The van der Waals surface area contributed by atoms with E-state index in [1.165, 1.54) is 0 Å². The van der Waals surface area contributed by atoms with Crippen LogP contribution < -0.4 is 12.4 Å². The van der Waals surface area contributed by atoms with Gasteiger partial charge in [-0.05, 0) is 0 Å². The van der Waals surface area contributed by atoms with Crippen LogP contribution in [0.3, 0.4) is 0 Å². The number of rotatable bonds is 0. The first-order chi connectivity index (χ1) is 0. The zero-order chi connectivity index (χ0) is 0. The van der Waals surface area contributed by atoms with Crippen molar-refractivity contribution in [2.24, 2.45) is 0 Å². The van der Waals surface area contributed by atoms with Crippen molar-refractivity contribution in [3.63, 3.8) is 0 Å². The minimum absolute atomic E-state index is 0. The first-order valence-corrected chi connectivity index (χ1v) is 0. The second-order valence-corrected chi connectivity index (χ2v) is 0. The molecule has 8 heavy (non-hydrogen) atoms. The van der Waals surface area contributed by atoms with Gasteiger partial charge >= 0.3 is 35.6 Å². The van der Waals surface area contributed by atoms with E-state index in [9.17, 15) is 0 Å². The summed E-state index contributed by atoms with van der Waals surface area (Å²) < 4.78 is 0. The molecule has 0 heterocycles. The minimum atomic E-state index is 0. The van der Waals surface area contributed by atoms with Crippen molar-refractivity contribution < 1.29 is 80.9 Å². The van der Waals surface area contributed by atoms with E-state index in [1.807, 2.05) is 0 Å². The molecule has 0 aliphatic carbocycles. The summed E-state index contributed by atoms with van der Waals surface area (Å²) in [6.07, 6.45) is 0. The summed E-state index contributed by atoms with van der Waals surface area (Å²) >= 11 is 0. The van der Waals surface area contributed by atoms with Gasteiger partial charge in [0, 0.05) is 0 Å². The van der Waals surface area contributed by atoms with Gasteiger partial charge in [-0.25, -0.2) is 0 Å². The van der Waals surface area contributed by atoms with Gasteiger partial charge in [-0.1, -0.05) is 0 Å². The molecule has 0 atom stereocenters. The van der Waals surface area contributed by atoms with Gasteiger partial charge in [-0.15, -0.1) is 0 Å². The molecule has 6 nitrogen and oxygen atoms in total. The zero-order valence-corrected chi connectivity index (χ0v) is 8.34. The van der Waals surface area contributed by atoms with E-state index < -0.39 is 0 Å². The number of hydrogen-bond donors (Lipinski definition) is 0. The molecule has 0 fully saturated rings. The topological polar surface area (TPSA) is 189 Å². The molecule has 0 aliphatic heterocycles. The van der Waals surface area contributed by atoms with Crippen molar-refractivity contribution in [1.82, 2.24) is 0 Å². The fourth-order valence-corrected chi connectivity index (χ4v) is 0. The molecule has 8 heteroatoms. The maximum Gasteiger partial charge on any atom is 3.00 e. The molecular weight excluding hydrogens is 270 g/mol. The molecule has 0 aromatic heterocycles. The van der Waals surface area contributed by atoms with Crippen molar-refractivity contribution in [2.45, 2.75) is 0 Å². The summed E-state index contributed by atoms with van der Waals surface area (Å²) in [5.41, 5.74) is 0. The van der Waals surface area contributed by atoms with E-state index >= 15 is 0 Å². The number of halogens is 1. The predicted octanol–water partition coefficient (Wildman–Crippen LogP) is -7.94. The Morgan fingerprint density at radius 1 is 0.375 bits per heavy atom. The van der Waals surface area contributed by atoms with Gasteiger partial charge in [-0.2, -0.15) is 0 Å². The summed E-state index contributed by atoms with van der Waals surface area (Å²) in [6, 6.07) is 0. The molecule has 0 rings (SSSR count). The Labute approximate surface area is 80.5 Å².